The van der Waals surface area contributed by atoms with E-state index in [2.05, 4.69) is 100 Å². The predicted molar refractivity (Wildman–Crippen MR) is 101 cm³/mol. The van der Waals surface area contributed by atoms with Gasteiger partial charge in [0.15, 0.2) is 0 Å². The number of rotatable bonds is 2. The molecule has 0 aliphatic rings. The second-order valence-corrected chi connectivity index (χ2v) is 7.22. The average molecular weight is 300 g/mol. The van der Waals surface area contributed by atoms with E-state index < -0.39 is 0 Å². The van der Waals surface area contributed by atoms with Crippen LogP contribution < -0.4 is 0 Å². The normalized spacial score (nSPS) is 11.5. The molecule has 0 aliphatic heterocycles. The third kappa shape index (κ3) is 3.37. The van der Waals surface area contributed by atoms with Crippen LogP contribution in [-0.2, 0) is 5.41 Å². The molecule has 0 radical (unpaired) electrons. The van der Waals surface area contributed by atoms with Gasteiger partial charge < -0.3 is 0 Å². The monoisotopic (exact) mass is 300 g/mol. The van der Waals surface area contributed by atoms with Crippen LogP contribution in [0, 0.1) is 6.92 Å². The van der Waals surface area contributed by atoms with Crippen LogP contribution in [0.5, 0.6) is 0 Å². The van der Waals surface area contributed by atoms with E-state index >= 15 is 0 Å². The fourth-order valence-corrected chi connectivity index (χ4v) is 2.87. The first-order chi connectivity index (χ1) is 10.9. The lowest BCUT2D eigenvalue weighted by Gasteiger charge is -2.21. The minimum absolute atomic E-state index is 0.173. The van der Waals surface area contributed by atoms with Crippen molar-refractivity contribution in [1.29, 1.82) is 0 Å². The lowest BCUT2D eigenvalue weighted by Crippen LogP contribution is -2.11. The molecule has 0 atom stereocenters. The second kappa shape index (κ2) is 6.04. The van der Waals surface area contributed by atoms with Gasteiger partial charge in [-0.3, -0.25) is 0 Å². The SMILES string of the molecule is Cc1ccc(C(C)(C)C)cc1-c1ccc(-c2ccccc2)cc1. The Morgan fingerprint density at radius 1 is 0.609 bits per heavy atom. The highest BCUT2D eigenvalue weighted by atomic mass is 14.2. The van der Waals surface area contributed by atoms with Crippen LogP contribution in [0.4, 0.5) is 0 Å². The minimum atomic E-state index is 0.173. The Labute approximate surface area is 139 Å². The Bertz CT molecular complexity index is 788. The molecule has 0 saturated heterocycles. The summed E-state index contributed by atoms with van der Waals surface area (Å²) in [6.07, 6.45) is 0. The van der Waals surface area contributed by atoms with Crippen LogP contribution in [0.25, 0.3) is 22.3 Å². The molecule has 23 heavy (non-hydrogen) atoms. The molecule has 0 aliphatic carbocycles. The number of benzene rings is 3. The molecule has 0 unspecified atom stereocenters. The van der Waals surface area contributed by atoms with Gasteiger partial charge in [0.1, 0.15) is 0 Å². The van der Waals surface area contributed by atoms with Gasteiger partial charge in [-0.25, -0.2) is 0 Å². The topological polar surface area (TPSA) is 0 Å². The molecular formula is C23H24. The van der Waals surface area contributed by atoms with Crippen molar-refractivity contribution in [3.63, 3.8) is 0 Å². The van der Waals surface area contributed by atoms with E-state index in [1.54, 1.807) is 0 Å². The zero-order chi connectivity index (χ0) is 16.4. The fraction of sp³-hybridized carbons (Fsp3) is 0.217. The van der Waals surface area contributed by atoms with Gasteiger partial charge in [0.25, 0.3) is 0 Å². The van der Waals surface area contributed by atoms with E-state index in [1.165, 1.54) is 33.4 Å². The first-order valence-electron chi connectivity index (χ1n) is 8.22. The maximum atomic E-state index is 2.34. The summed E-state index contributed by atoms with van der Waals surface area (Å²) >= 11 is 0. The molecule has 3 aromatic rings. The summed E-state index contributed by atoms with van der Waals surface area (Å²) in [5.74, 6) is 0. The smallest absolute Gasteiger partial charge is 0.0132 e. The van der Waals surface area contributed by atoms with Crippen molar-refractivity contribution in [2.24, 2.45) is 0 Å². The molecule has 0 saturated carbocycles. The van der Waals surface area contributed by atoms with Gasteiger partial charge in [0.05, 0.1) is 0 Å². The summed E-state index contributed by atoms with van der Waals surface area (Å²) in [6.45, 7) is 8.98. The number of hydrogen-bond acceptors (Lipinski definition) is 0. The van der Waals surface area contributed by atoms with Crippen molar-refractivity contribution in [3.8, 4) is 22.3 Å². The summed E-state index contributed by atoms with van der Waals surface area (Å²) < 4.78 is 0. The summed E-state index contributed by atoms with van der Waals surface area (Å²) in [5, 5.41) is 0. The molecule has 0 amide bonds. The maximum absolute atomic E-state index is 2.34. The largest absolute Gasteiger partial charge is 0.0622 e. The molecule has 3 aromatic carbocycles. The summed E-state index contributed by atoms with van der Waals surface area (Å²) in [7, 11) is 0. The van der Waals surface area contributed by atoms with E-state index in [9.17, 15) is 0 Å². The van der Waals surface area contributed by atoms with Crippen LogP contribution in [-0.4, -0.2) is 0 Å². The zero-order valence-corrected chi connectivity index (χ0v) is 14.4. The summed E-state index contributed by atoms with van der Waals surface area (Å²) in [4.78, 5) is 0. The summed E-state index contributed by atoms with van der Waals surface area (Å²) in [6, 6.07) is 26.3. The van der Waals surface area contributed by atoms with Crippen LogP contribution in [0.3, 0.4) is 0 Å². The highest BCUT2D eigenvalue weighted by molar-refractivity contribution is 5.72. The van der Waals surface area contributed by atoms with Crippen LogP contribution in [0.1, 0.15) is 31.9 Å². The van der Waals surface area contributed by atoms with Gasteiger partial charge in [-0.05, 0) is 45.7 Å². The van der Waals surface area contributed by atoms with Crippen molar-refractivity contribution in [2.75, 3.05) is 0 Å². The fourth-order valence-electron chi connectivity index (χ4n) is 2.87. The highest BCUT2D eigenvalue weighted by Crippen LogP contribution is 2.31. The zero-order valence-electron chi connectivity index (χ0n) is 14.4. The third-order valence-corrected chi connectivity index (χ3v) is 4.41. The Morgan fingerprint density at radius 3 is 1.78 bits per heavy atom. The second-order valence-electron chi connectivity index (χ2n) is 7.22. The third-order valence-electron chi connectivity index (χ3n) is 4.41. The molecule has 0 fully saturated rings. The Hall–Kier alpha value is -2.34. The molecule has 0 heterocycles. The van der Waals surface area contributed by atoms with Crippen LogP contribution >= 0.6 is 0 Å². The van der Waals surface area contributed by atoms with Gasteiger partial charge >= 0.3 is 0 Å². The van der Waals surface area contributed by atoms with Crippen molar-refractivity contribution in [1.82, 2.24) is 0 Å². The van der Waals surface area contributed by atoms with E-state index in [0.717, 1.165) is 0 Å². The van der Waals surface area contributed by atoms with E-state index in [0.29, 0.717) is 0 Å². The maximum Gasteiger partial charge on any atom is -0.0132 e. The molecule has 0 heteroatoms. The van der Waals surface area contributed by atoms with E-state index in [4.69, 9.17) is 0 Å². The Balaban J connectivity index is 2.00. The summed E-state index contributed by atoms with van der Waals surface area (Å²) in [5.41, 5.74) is 8.02. The number of aryl methyl sites for hydroxylation is 1. The lowest BCUT2D eigenvalue weighted by molar-refractivity contribution is 0.590. The molecule has 0 aromatic heterocycles. The minimum Gasteiger partial charge on any atom is -0.0622 e. The molecule has 0 bridgehead atoms. The van der Waals surface area contributed by atoms with Gasteiger partial charge in [0.2, 0.25) is 0 Å². The highest BCUT2D eigenvalue weighted by Gasteiger charge is 2.15. The molecule has 0 spiro atoms. The quantitative estimate of drug-likeness (QED) is 0.498. The molecule has 3 rings (SSSR count). The van der Waals surface area contributed by atoms with Gasteiger partial charge in [0, 0.05) is 0 Å². The number of hydrogen-bond donors (Lipinski definition) is 0. The molecule has 0 N–H and O–H groups in total. The first kappa shape index (κ1) is 15.6. The van der Waals surface area contributed by atoms with Crippen molar-refractivity contribution >= 4 is 0 Å². The Morgan fingerprint density at radius 2 is 1.17 bits per heavy atom. The molecular weight excluding hydrogens is 276 g/mol. The molecule has 116 valence electrons. The first-order valence-corrected chi connectivity index (χ1v) is 8.22. The predicted octanol–water partition coefficient (Wildman–Crippen LogP) is 6.63. The van der Waals surface area contributed by atoms with Gasteiger partial charge in [-0.1, -0.05) is 93.6 Å². The average Bonchev–Trinajstić information content (AvgIpc) is 2.55. The lowest BCUT2D eigenvalue weighted by atomic mass is 9.84. The standard InChI is InChI=1S/C23H24/c1-17-10-15-21(23(2,3)4)16-22(17)20-13-11-19(12-14-20)18-8-6-5-7-9-18/h5-16H,1-4H3. The van der Waals surface area contributed by atoms with Crippen molar-refractivity contribution in [2.45, 2.75) is 33.1 Å². The van der Waals surface area contributed by atoms with E-state index in [1.807, 2.05) is 0 Å². The molecule has 0 nitrogen and oxygen atoms in total. The van der Waals surface area contributed by atoms with Crippen molar-refractivity contribution < 1.29 is 0 Å². The Kier molecular flexibility index (Phi) is 4.09. The van der Waals surface area contributed by atoms with Gasteiger partial charge in [-0.2, -0.15) is 0 Å². The van der Waals surface area contributed by atoms with Crippen LogP contribution in [0.15, 0.2) is 72.8 Å². The van der Waals surface area contributed by atoms with Crippen LogP contribution in [0.2, 0.25) is 0 Å². The van der Waals surface area contributed by atoms with Crippen molar-refractivity contribution in [3.05, 3.63) is 83.9 Å². The van der Waals surface area contributed by atoms with E-state index in [-0.39, 0.29) is 5.41 Å². The van der Waals surface area contributed by atoms with Gasteiger partial charge in [-0.15, -0.1) is 0 Å².